The Morgan fingerprint density at radius 1 is 1.42 bits per heavy atom. The van der Waals surface area contributed by atoms with Crippen molar-refractivity contribution in [2.45, 2.75) is 30.9 Å². The molecule has 1 heterocycles. The zero-order valence-electron chi connectivity index (χ0n) is 9.52. The summed E-state index contributed by atoms with van der Waals surface area (Å²) in [5, 5.41) is 19.5. The highest BCUT2D eigenvalue weighted by molar-refractivity contribution is 5.83. The lowest BCUT2D eigenvalue weighted by atomic mass is 10.2. The summed E-state index contributed by atoms with van der Waals surface area (Å²) in [4.78, 5) is 22.8. The first-order valence-corrected chi connectivity index (χ1v) is 5.26. The maximum absolute atomic E-state index is 12.6. The van der Waals surface area contributed by atoms with Gasteiger partial charge in [0.25, 0.3) is 0 Å². The number of alkyl halides is 4. The number of carboxylic acid groups (broad SMARTS) is 1. The number of carbonyl (C=O) groups is 2. The number of rotatable bonds is 4. The molecule has 0 aromatic carbocycles. The number of carbonyl (C=O) groups excluding carboxylic acids is 1. The van der Waals surface area contributed by atoms with Gasteiger partial charge in [-0.2, -0.15) is 8.78 Å². The van der Waals surface area contributed by atoms with Crippen LogP contribution in [0.2, 0.25) is 0 Å². The van der Waals surface area contributed by atoms with Gasteiger partial charge < -0.3 is 20.4 Å². The summed E-state index contributed by atoms with van der Waals surface area (Å²) in [6.45, 7) is -1.97. The number of aliphatic hydroxyl groups excluding tert-OH is 1. The first kappa shape index (κ1) is 15.5. The summed E-state index contributed by atoms with van der Waals surface area (Å²) in [6, 6.07) is -2.60. The molecule has 6 nitrogen and oxygen atoms in total. The molecule has 0 bridgehead atoms. The quantitative estimate of drug-likeness (QED) is 0.641. The molecule has 2 atom stereocenters. The molecule has 1 fully saturated rings. The molecule has 1 rings (SSSR count). The molecule has 0 saturated carbocycles. The van der Waals surface area contributed by atoms with E-state index in [9.17, 15) is 32.3 Å². The third kappa shape index (κ3) is 3.69. The number of urea groups is 1. The molecule has 10 heteroatoms. The largest absolute Gasteiger partial charge is 0.480 e. The zero-order valence-corrected chi connectivity index (χ0v) is 9.52. The first-order chi connectivity index (χ1) is 8.65. The highest BCUT2D eigenvalue weighted by Gasteiger charge is 2.43. The number of aliphatic hydroxyl groups is 1. The molecule has 0 unspecified atom stereocenters. The fraction of sp³-hybridized carbons (Fsp3) is 0.778. The number of halogens is 4. The van der Waals surface area contributed by atoms with E-state index in [2.05, 4.69) is 0 Å². The van der Waals surface area contributed by atoms with Crippen LogP contribution in [0.1, 0.15) is 6.42 Å². The molecule has 1 saturated heterocycles. The monoisotopic (exact) mass is 288 g/mol. The minimum absolute atomic E-state index is 0.242. The van der Waals surface area contributed by atoms with Crippen LogP contribution in [0, 0.1) is 0 Å². The van der Waals surface area contributed by atoms with E-state index in [0.29, 0.717) is 4.90 Å². The van der Waals surface area contributed by atoms with Crippen LogP contribution in [0.3, 0.4) is 0 Å². The fourth-order valence-corrected chi connectivity index (χ4v) is 1.64. The van der Waals surface area contributed by atoms with E-state index in [1.807, 2.05) is 0 Å². The van der Waals surface area contributed by atoms with E-state index in [1.54, 1.807) is 0 Å². The molecular formula is C9H12F4N2O4. The molecule has 2 amide bonds. The maximum atomic E-state index is 12.6. The first-order valence-electron chi connectivity index (χ1n) is 5.26. The molecule has 0 aromatic heterocycles. The van der Waals surface area contributed by atoms with Crippen molar-refractivity contribution in [2.24, 2.45) is 0 Å². The van der Waals surface area contributed by atoms with Gasteiger partial charge in [0, 0.05) is 13.0 Å². The molecule has 3 N–H and O–H groups in total. The van der Waals surface area contributed by atoms with E-state index in [0.717, 1.165) is 0 Å². The van der Waals surface area contributed by atoms with Crippen LogP contribution in [-0.2, 0) is 4.79 Å². The second kappa shape index (κ2) is 5.59. The Balaban J connectivity index is 2.60. The molecule has 1 aliphatic heterocycles. The smallest absolute Gasteiger partial charge is 0.326 e. The summed E-state index contributed by atoms with van der Waals surface area (Å²) < 4.78 is 48.9. The van der Waals surface area contributed by atoms with Crippen molar-refractivity contribution in [3.8, 4) is 0 Å². The average molecular weight is 288 g/mol. The van der Waals surface area contributed by atoms with Gasteiger partial charge in [0.2, 0.25) is 0 Å². The fourth-order valence-electron chi connectivity index (χ4n) is 1.64. The second-order valence-corrected chi connectivity index (χ2v) is 4.12. The maximum Gasteiger partial charge on any atom is 0.326 e. The van der Waals surface area contributed by atoms with Crippen LogP contribution >= 0.6 is 0 Å². The predicted molar refractivity (Wildman–Crippen MR) is 53.1 cm³/mol. The summed E-state index contributed by atoms with van der Waals surface area (Å²) in [6.07, 6.45) is -5.27. The Hall–Kier alpha value is -1.58. The lowest BCUT2D eigenvalue weighted by Gasteiger charge is -2.23. The summed E-state index contributed by atoms with van der Waals surface area (Å²) in [7, 11) is 0. The number of carboxylic acids is 1. The lowest BCUT2D eigenvalue weighted by molar-refractivity contribution is -0.141. The van der Waals surface area contributed by atoms with Gasteiger partial charge >= 0.3 is 24.3 Å². The molecule has 0 aliphatic carbocycles. The van der Waals surface area contributed by atoms with E-state index in [4.69, 9.17) is 5.11 Å². The van der Waals surface area contributed by atoms with Crippen LogP contribution < -0.4 is 5.32 Å². The molecule has 110 valence electrons. The van der Waals surface area contributed by atoms with Gasteiger partial charge in [-0.25, -0.2) is 18.4 Å². The highest BCUT2D eigenvalue weighted by Crippen LogP contribution is 2.22. The molecule has 0 spiro atoms. The topological polar surface area (TPSA) is 89.9 Å². The SMILES string of the molecule is O=C(O)[C@@H]1C[C@@H](O)CN1C(=O)NCC(F)(F)C(F)F. The van der Waals surface area contributed by atoms with Crippen LogP contribution in [-0.4, -0.2) is 64.7 Å². The van der Waals surface area contributed by atoms with Gasteiger partial charge in [-0.15, -0.1) is 0 Å². The minimum Gasteiger partial charge on any atom is -0.480 e. The number of likely N-dealkylation sites (tertiary alicyclic amines) is 1. The van der Waals surface area contributed by atoms with Crippen molar-refractivity contribution in [3.05, 3.63) is 0 Å². The minimum atomic E-state index is -4.40. The Morgan fingerprint density at radius 2 is 2.00 bits per heavy atom. The van der Waals surface area contributed by atoms with Gasteiger partial charge in [-0.05, 0) is 0 Å². The Morgan fingerprint density at radius 3 is 2.47 bits per heavy atom. The van der Waals surface area contributed by atoms with Crippen LogP contribution in [0.15, 0.2) is 0 Å². The number of hydrogen-bond acceptors (Lipinski definition) is 3. The van der Waals surface area contributed by atoms with Gasteiger partial charge in [-0.3, -0.25) is 0 Å². The van der Waals surface area contributed by atoms with Gasteiger partial charge in [0.05, 0.1) is 12.6 Å². The number of nitrogens with zero attached hydrogens (tertiary/aromatic N) is 1. The predicted octanol–water partition coefficient (Wildman–Crippen LogP) is 0.116. The second-order valence-electron chi connectivity index (χ2n) is 4.12. The zero-order chi connectivity index (χ0) is 14.8. The van der Waals surface area contributed by atoms with E-state index in [-0.39, 0.29) is 13.0 Å². The number of hydrogen-bond donors (Lipinski definition) is 3. The summed E-state index contributed by atoms with van der Waals surface area (Å²) in [5.74, 6) is -5.81. The van der Waals surface area contributed by atoms with Crippen molar-refractivity contribution in [2.75, 3.05) is 13.1 Å². The Bertz CT molecular complexity index is 366. The third-order valence-corrected chi connectivity index (χ3v) is 2.62. The molecule has 19 heavy (non-hydrogen) atoms. The molecule has 0 radical (unpaired) electrons. The standard InChI is InChI=1S/C9H12F4N2O4/c10-7(11)9(12,13)3-14-8(19)15-2-4(16)1-5(15)6(17)18/h4-5,7,16H,1-3H2,(H,14,19)(H,17,18)/t4-,5+/m1/s1. The van der Waals surface area contributed by atoms with E-state index < -0.39 is 43.0 Å². The van der Waals surface area contributed by atoms with Crippen LogP contribution in [0.4, 0.5) is 22.4 Å². The average Bonchev–Trinajstić information content (AvgIpc) is 2.68. The van der Waals surface area contributed by atoms with Crippen LogP contribution in [0.25, 0.3) is 0 Å². The van der Waals surface area contributed by atoms with Crippen molar-refractivity contribution < 1.29 is 37.4 Å². The van der Waals surface area contributed by atoms with Crippen molar-refractivity contribution in [1.82, 2.24) is 10.2 Å². The Kier molecular flexibility index (Phi) is 4.56. The van der Waals surface area contributed by atoms with Crippen molar-refractivity contribution in [3.63, 3.8) is 0 Å². The summed E-state index contributed by atoms with van der Waals surface area (Å²) in [5.41, 5.74) is 0. The summed E-state index contributed by atoms with van der Waals surface area (Å²) >= 11 is 0. The third-order valence-electron chi connectivity index (χ3n) is 2.62. The van der Waals surface area contributed by atoms with E-state index in [1.165, 1.54) is 5.32 Å². The number of aliphatic carboxylic acids is 1. The van der Waals surface area contributed by atoms with Gasteiger partial charge in [0.15, 0.2) is 0 Å². The lowest BCUT2D eigenvalue weighted by Crippen LogP contribution is -2.50. The van der Waals surface area contributed by atoms with Crippen molar-refractivity contribution >= 4 is 12.0 Å². The van der Waals surface area contributed by atoms with Gasteiger partial charge in [0.1, 0.15) is 6.04 Å². The number of amides is 2. The number of β-amino-alcohol motifs (C(OH)–C–C–N with tert-alkyl or cyclic N) is 1. The number of nitrogens with one attached hydrogen (secondary N) is 1. The van der Waals surface area contributed by atoms with Crippen molar-refractivity contribution in [1.29, 1.82) is 0 Å². The highest BCUT2D eigenvalue weighted by atomic mass is 19.3. The normalized spacial score (nSPS) is 23.8. The molecular weight excluding hydrogens is 276 g/mol. The van der Waals surface area contributed by atoms with Gasteiger partial charge in [-0.1, -0.05) is 0 Å². The molecule has 1 aliphatic rings. The van der Waals surface area contributed by atoms with E-state index >= 15 is 0 Å². The van der Waals surface area contributed by atoms with Crippen LogP contribution in [0.5, 0.6) is 0 Å². The molecule has 0 aromatic rings. The Labute approximate surface area is 105 Å².